The van der Waals surface area contributed by atoms with Crippen LogP contribution in [-0.2, 0) is 0 Å². The Morgan fingerprint density at radius 1 is 1.43 bits per heavy atom. The van der Waals surface area contributed by atoms with E-state index in [-0.39, 0.29) is 5.95 Å². The van der Waals surface area contributed by atoms with E-state index in [4.69, 9.17) is 11.0 Å². The Kier molecular flexibility index (Phi) is 1.84. The number of hydrogen-bond acceptors (Lipinski definition) is 5. The second kappa shape index (κ2) is 3.14. The first-order valence-corrected chi connectivity index (χ1v) is 3.85. The zero-order chi connectivity index (χ0) is 9.97. The molecule has 0 unspecified atom stereocenters. The number of nitrogen functional groups attached to an aromatic ring is 1. The second-order valence-corrected chi connectivity index (χ2v) is 2.61. The molecule has 1 heterocycles. The first-order valence-electron chi connectivity index (χ1n) is 3.85. The van der Waals surface area contributed by atoms with Gasteiger partial charge in [0.05, 0.1) is 17.3 Å². The van der Waals surface area contributed by atoms with E-state index in [0.29, 0.717) is 11.3 Å². The third kappa shape index (κ3) is 1.27. The predicted octanol–water partition coefficient (Wildman–Crippen LogP) is 0.116. The predicted molar refractivity (Wildman–Crippen MR) is 48.3 cm³/mol. The van der Waals surface area contributed by atoms with E-state index >= 15 is 0 Å². The minimum absolute atomic E-state index is 0.195. The fraction of sp³-hybridized carbons (Fsp3) is 0. The molecule has 0 aliphatic carbocycles. The molecule has 0 saturated carbocycles. The minimum Gasteiger partial charge on any atom is -0.366 e. The van der Waals surface area contributed by atoms with Crippen molar-refractivity contribution in [2.24, 2.45) is 0 Å². The van der Waals surface area contributed by atoms with Crippen LogP contribution in [-0.4, -0.2) is 20.2 Å². The van der Waals surface area contributed by atoms with Gasteiger partial charge in [0.15, 0.2) is 0 Å². The van der Waals surface area contributed by atoms with Gasteiger partial charge in [-0.25, -0.2) is 0 Å². The van der Waals surface area contributed by atoms with Gasteiger partial charge in [0.25, 0.3) is 0 Å². The Morgan fingerprint density at radius 3 is 2.93 bits per heavy atom. The molecule has 2 rings (SSSR count). The third-order valence-electron chi connectivity index (χ3n) is 1.71. The van der Waals surface area contributed by atoms with Crippen molar-refractivity contribution < 1.29 is 0 Å². The summed E-state index contributed by atoms with van der Waals surface area (Å²) in [6.07, 6.45) is 0. The van der Waals surface area contributed by atoms with E-state index in [1.54, 1.807) is 24.3 Å². The average molecular weight is 186 g/mol. The normalized spacial score (nSPS) is 9.64. The number of rotatable bonds is 1. The Morgan fingerprint density at radius 2 is 2.29 bits per heavy atom. The van der Waals surface area contributed by atoms with E-state index in [1.165, 1.54) is 4.68 Å². The van der Waals surface area contributed by atoms with E-state index in [0.717, 1.165) is 0 Å². The number of tetrazole rings is 1. The number of nitriles is 1. The number of benzene rings is 1. The third-order valence-corrected chi connectivity index (χ3v) is 1.71. The molecule has 0 saturated heterocycles. The van der Waals surface area contributed by atoms with E-state index in [1.807, 2.05) is 6.07 Å². The fourth-order valence-corrected chi connectivity index (χ4v) is 1.09. The lowest BCUT2D eigenvalue weighted by Gasteiger charge is -2.00. The Bertz CT molecular complexity index is 495. The van der Waals surface area contributed by atoms with Gasteiger partial charge in [0, 0.05) is 0 Å². The molecule has 0 amide bonds. The highest BCUT2D eigenvalue weighted by atomic mass is 15.6. The van der Waals surface area contributed by atoms with Crippen molar-refractivity contribution in [3.05, 3.63) is 29.8 Å². The first-order chi connectivity index (χ1) is 6.81. The minimum atomic E-state index is 0.195. The summed E-state index contributed by atoms with van der Waals surface area (Å²) in [7, 11) is 0. The van der Waals surface area contributed by atoms with Gasteiger partial charge in [0.2, 0.25) is 5.95 Å². The molecule has 2 N–H and O–H groups in total. The summed E-state index contributed by atoms with van der Waals surface area (Å²) in [6, 6.07) is 8.90. The Balaban J connectivity index is 2.53. The largest absolute Gasteiger partial charge is 0.366 e. The number of aromatic nitrogens is 4. The summed E-state index contributed by atoms with van der Waals surface area (Å²) in [5.74, 6) is 0.195. The van der Waals surface area contributed by atoms with Gasteiger partial charge >= 0.3 is 0 Å². The summed E-state index contributed by atoms with van der Waals surface area (Å²) in [5.41, 5.74) is 6.72. The van der Waals surface area contributed by atoms with Crippen LogP contribution in [0, 0.1) is 11.3 Å². The van der Waals surface area contributed by atoms with Crippen LogP contribution in [0.3, 0.4) is 0 Å². The maximum atomic E-state index is 8.69. The molecule has 0 fully saturated rings. The molecular formula is C8H6N6. The van der Waals surface area contributed by atoms with Crippen molar-refractivity contribution in [2.45, 2.75) is 0 Å². The summed E-state index contributed by atoms with van der Waals surface area (Å²) < 4.78 is 1.36. The molecule has 0 aliphatic heterocycles. The molecule has 6 nitrogen and oxygen atoms in total. The lowest BCUT2D eigenvalue weighted by molar-refractivity contribution is 0.792. The van der Waals surface area contributed by atoms with Crippen LogP contribution in [0.1, 0.15) is 5.56 Å². The van der Waals surface area contributed by atoms with Gasteiger partial charge in [0.1, 0.15) is 0 Å². The zero-order valence-electron chi connectivity index (χ0n) is 7.12. The molecule has 0 atom stereocenters. The molecule has 6 heteroatoms. The lowest BCUT2D eigenvalue weighted by atomic mass is 10.2. The van der Waals surface area contributed by atoms with Crippen molar-refractivity contribution in [3.63, 3.8) is 0 Å². The molecule has 0 spiro atoms. The van der Waals surface area contributed by atoms with Crippen LogP contribution < -0.4 is 5.73 Å². The molecule has 0 bridgehead atoms. The van der Waals surface area contributed by atoms with Crippen molar-refractivity contribution in [2.75, 3.05) is 5.73 Å². The van der Waals surface area contributed by atoms with Gasteiger partial charge in [-0.05, 0) is 28.6 Å². The maximum absolute atomic E-state index is 8.69. The number of nitrogens with zero attached hydrogens (tertiary/aromatic N) is 5. The number of anilines is 1. The standard InChI is InChI=1S/C8H6N6/c9-5-6-2-1-3-7(4-6)14-8(10)11-12-13-14/h1-4H,(H2,10,11,13). The van der Waals surface area contributed by atoms with Crippen molar-refractivity contribution in [1.82, 2.24) is 20.2 Å². The molecule has 14 heavy (non-hydrogen) atoms. The molecule has 2 aromatic rings. The Labute approximate surface area is 79.6 Å². The molecule has 0 radical (unpaired) electrons. The van der Waals surface area contributed by atoms with Crippen molar-refractivity contribution >= 4 is 5.95 Å². The van der Waals surface area contributed by atoms with Crippen LogP contribution >= 0.6 is 0 Å². The van der Waals surface area contributed by atoms with Crippen molar-refractivity contribution in [1.29, 1.82) is 5.26 Å². The highest BCUT2D eigenvalue weighted by Crippen LogP contribution is 2.10. The number of hydrogen-bond donors (Lipinski definition) is 1. The summed E-state index contributed by atoms with van der Waals surface area (Å²) in [6.45, 7) is 0. The summed E-state index contributed by atoms with van der Waals surface area (Å²) in [4.78, 5) is 0. The Hall–Kier alpha value is -2.42. The van der Waals surface area contributed by atoms with Gasteiger partial charge in [-0.2, -0.15) is 9.94 Å². The summed E-state index contributed by atoms with van der Waals surface area (Å²) in [5, 5.41) is 19.3. The SMILES string of the molecule is N#Cc1cccc(-n2nnnc2N)c1. The van der Waals surface area contributed by atoms with Gasteiger partial charge in [-0.15, -0.1) is 0 Å². The molecule has 68 valence electrons. The maximum Gasteiger partial charge on any atom is 0.245 e. The molecule has 1 aromatic carbocycles. The van der Waals surface area contributed by atoms with Gasteiger partial charge in [-0.3, -0.25) is 0 Å². The smallest absolute Gasteiger partial charge is 0.245 e. The molecular weight excluding hydrogens is 180 g/mol. The van der Waals surface area contributed by atoms with Crippen molar-refractivity contribution in [3.8, 4) is 11.8 Å². The van der Waals surface area contributed by atoms with E-state index < -0.39 is 0 Å². The van der Waals surface area contributed by atoms with E-state index in [9.17, 15) is 0 Å². The topological polar surface area (TPSA) is 93.4 Å². The van der Waals surface area contributed by atoms with Gasteiger partial charge in [-0.1, -0.05) is 11.2 Å². The lowest BCUT2D eigenvalue weighted by Crippen LogP contribution is -2.02. The van der Waals surface area contributed by atoms with Crippen LogP contribution in [0.4, 0.5) is 5.95 Å². The first kappa shape index (κ1) is 8.19. The molecule has 0 aliphatic rings. The average Bonchev–Trinajstić information content (AvgIpc) is 2.65. The fourth-order valence-electron chi connectivity index (χ4n) is 1.09. The highest BCUT2D eigenvalue weighted by Gasteiger charge is 2.03. The van der Waals surface area contributed by atoms with Crippen LogP contribution in [0.2, 0.25) is 0 Å². The highest BCUT2D eigenvalue weighted by molar-refractivity contribution is 5.43. The quantitative estimate of drug-likeness (QED) is 0.682. The summed E-state index contributed by atoms with van der Waals surface area (Å²) >= 11 is 0. The van der Waals surface area contributed by atoms with Crippen LogP contribution in [0.15, 0.2) is 24.3 Å². The number of nitrogens with two attached hydrogens (primary N) is 1. The molecule has 1 aromatic heterocycles. The van der Waals surface area contributed by atoms with Crippen LogP contribution in [0.5, 0.6) is 0 Å². The second-order valence-electron chi connectivity index (χ2n) is 2.61. The van der Waals surface area contributed by atoms with Crippen LogP contribution in [0.25, 0.3) is 5.69 Å². The van der Waals surface area contributed by atoms with Gasteiger partial charge < -0.3 is 5.73 Å². The monoisotopic (exact) mass is 186 g/mol. The van der Waals surface area contributed by atoms with E-state index in [2.05, 4.69) is 15.5 Å². The zero-order valence-corrected chi connectivity index (χ0v) is 7.12.